The van der Waals surface area contributed by atoms with Crippen LogP contribution >= 0.6 is 11.8 Å². The number of anilines is 1. The summed E-state index contributed by atoms with van der Waals surface area (Å²) >= 11 is 1.47. The standard InChI is InChI=1S/C14H19NO2S/c1-18-12-6-2-5-11(13(12)14(16)17)15-9-3-4-10-7-8-10/h2,5-6,10,15H,3-4,7-9H2,1H3,(H,16,17). The predicted octanol–water partition coefficient (Wildman–Crippen LogP) is 3.71. The lowest BCUT2D eigenvalue weighted by Crippen LogP contribution is -2.09. The smallest absolute Gasteiger partial charge is 0.338 e. The van der Waals surface area contributed by atoms with Gasteiger partial charge in [-0.25, -0.2) is 4.79 Å². The van der Waals surface area contributed by atoms with Crippen LogP contribution in [0.4, 0.5) is 5.69 Å². The molecule has 2 N–H and O–H groups in total. The lowest BCUT2D eigenvalue weighted by Gasteiger charge is -2.12. The predicted molar refractivity (Wildman–Crippen MR) is 75.6 cm³/mol. The van der Waals surface area contributed by atoms with E-state index in [1.54, 1.807) is 0 Å². The van der Waals surface area contributed by atoms with Crippen LogP contribution in [0.2, 0.25) is 0 Å². The lowest BCUT2D eigenvalue weighted by molar-refractivity contribution is 0.0694. The second kappa shape index (κ2) is 6.14. The molecule has 0 bridgehead atoms. The van der Waals surface area contributed by atoms with Crippen LogP contribution in [0.5, 0.6) is 0 Å². The highest BCUT2D eigenvalue weighted by Gasteiger charge is 2.20. The maximum Gasteiger partial charge on any atom is 0.338 e. The van der Waals surface area contributed by atoms with Gasteiger partial charge in [0.2, 0.25) is 0 Å². The zero-order chi connectivity index (χ0) is 13.0. The van der Waals surface area contributed by atoms with Crippen molar-refractivity contribution < 1.29 is 9.90 Å². The topological polar surface area (TPSA) is 49.3 Å². The highest BCUT2D eigenvalue weighted by molar-refractivity contribution is 7.98. The van der Waals surface area contributed by atoms with Gasteiger partial charge in [0, 0.05) is 17.1 Å². The molecule has 0 amide bonds. The SMILES string of the molecule is CSc1cccc(NCCCC2CC2)c1C(=O)O. The van der Waals surface area contributed by atoms with Crippen LogP contribution in [0.1, 0.15) is 36.0 Å². The summed E-state index contributed by atoms with van der Waals surface area (Å²) < 4.78 is 0. The van der Waals surface area contributed by atoms with Crippen molar-refractivity contribution in [3.8, 4) is 0 Å². The average molecular weight is 265 g/mol. The van der Waals surface area contributed by atoms with E-state index in [1.807, 2.05) is 24.5 Å². The Kier molecular flexibility index (Phi) is 4.53. The van der Waals surface area contributed by atoms with E-state index in [-0.39, 0.29) is 0 Å². The van der Waals surface area contributed by atoms with E-state index in [4.69, 9.17) is 0 Å². The molecule has 2 rings (SSSR count). The minimum absolute atomic E-state index is 0.399. The summed E-state index contributed by atoms with van der Waals surface area (Å²) in [6, 6.07) is 5.60. The van der Waals surface area contributed by atoms with E-state index in [0.717, 1.165) is 29.5 Å². The molecular formula is C14H19NO2S. The number of hydrogen-bond acceptors (Lipinski definition) is 3. The Bertz CT molecular complexity index is 430. The van der Waals surface area contributed by atoms with Gasteiger partial charge in [-0.3, -0.25) is 0 Å². The summed E-state index contributed by atoms with van der Waals surface area (Å²) in [5.41, 5.74) is 1.14. The number of carboxylic acid groups (broad SMARTS) is 1. The molecule has 1 aliphatic carbocycles. The van der Waals surface area contributed by atoms with Crippen molar-refractivity contribution >= 4 is 23.4 Å². The van der Waals surface area contributed by atoms with Gasteiger partial charge in [-0.2, -0.15) is 0 Å². The Labute approximate surface area is 112 Å². The Morgan fingerprint density at radius 2 is 2.28 bits per heavy atom. The van der Waals surface area contributed by atoms with Gasteiger partial charge >= 0.3 is 5.97 Å². The van der Waals surface area contributed by atoms with Crippen LogP contribution in [0.3, 0.4) is 0 Å². The molecule has 18 heavy (non-hydrogen) atoms. The van der Waals surface area contributed by atoms with Crippen LogP contribution in [-0.2, 0) is 0 Å². The monoisotopic (exact) mass is 265 g/mol. The van der Waals surface area contributed by atoms with Crippen LogP contribution in [0.25, 0.3) is 0 Å². The molecule has 1 aliphatic rings. The van der Waals surface area contributed by atoms with E-state index in [9.17, 15) is 9.90 Å². The van der Waals surface area contributed by atoms with E-state index in [0.29, 0.717) is 5.56 Å². The molecule has 0 saturated heterocycles. The molecule has 0 aromatic heterocycles. The van der Waals surface area contributed by atoms with Crippen molar-refractivity contribution in [1.82, 2.24) is 0 Å². The fraction of sp³-hybridized carbons (Fsp3) is 0.500. The highest BCUT2D eigenvalue weighted by Crippen LogP contribution is 2.33. The number of thioether (sulfide) groups is 1. The van der Waals surface area contributed by atoms with Gasteiger partial charge in [-0.05, 0) is 37.1 Å². The molecule has 4 heteroatoms. The molecule has 1 aromatic carbocycles. The molecule has 3 nitrogen and oxygen atoms in total. The molecule has 0 unspecified atom stereocenters. The summed E-state index contributed by atoms with van der Waals surface area (Å²) in [6.07, 6.45) is 7.04. The van der Waals surface area contributed by atoms with Crippen molar-refractivity contribution in [2.24, 2.45) is 5.92 Å². The summed E-state index contributed by atoms with van der Waals surface area (Å²) in [5, 5.41) is 12.5. The summed E-state index contributed by atoms with van der Waals surface area (Å²) in [6.45, 7) is 0.856. The van der Waals surface area contributed by atoms with E-state index in [2.05, 4.69) is 5.32 Å². The van der Waals surface area contributed by atoms with Gasteiger partial charge in [0.1, 0.15) is 0 Å². The molecule has 0 radical (unpaired) electrons. The third-order valence-electron chi connectivity index (χ3n) is 3.26. The molecule has 1 saturated carbocycles. The van der Waals surface area contributed by atoms with Crippen LogP contribution in [0, 0.1) is 5.92 Å². The van der Waals surface area contributed by atoms with Crippen molar-refractivity contribution in [2.75, 3.05) is 18.1 Å². The quantitative estimate of drug-likeness (QED) is 0.583. The van der Waals surface area contributed by atoms with Gasteiger partial charge in [-0.1, -0.05) is 18.9 Å². The van der Waals surface area contributed by atoms with Crippen LogP contribution < -0.4 is 5.32 Å². The fourth-order valence-electron chi connectivity index (χ4n) is 2.09. The van der Waals surface area contributed by atoms with Gasteiger partial charge in [0.05, 0.1) is 5.56 Å². The third kappa shape index (κ3) is 3.42. The van der Waals surface area contributed by atoms with E-state index < -0.39 is 5.97 Å². The number of rotatable bonds is 7. The van der Waals surface area contributed by atoms with Crippen molar-refractivity contribution in [1.29, 1.82) is 0 Å². The average Bonchev–Trinajstić information content (AvgIpc) is 3.18. The summed E-state index contributed by atoms with van der Waals surface area (Å²) in [7, 11) is 0. The third-order valence-corrected chi connectivity index (χ3v) is 4.04. The Balaban J connectivity index is 1.98. The molecule has 1 aromatic rings. The lowest BCUT2D eigenvalue weighted by atomic mass is 10.1. The molecule has 0 spiro atoms. The summed E-state index contributed by atoms with van der Waals surface area (Å²) in [4.78, 5) is 12.1. The van der Waals surface area contributed by atoms with Crippen LogP contribution in [-0.4, -0.2) is 23.9 Å². The maximum absolute atomic E-state index is 11.3. The van der Waals surface area contributed by atoms with Gasteiger partial charge in [-0.15, -0.1) is 11.8 Å². The first-order chi connectivity index (χ1) is 8.72. The minimum Gasteiger partial charge on any atom is -0.478 e. The van der Waals surface area contributed by atoms with Crippen molar-refractivity contribution in [2.45, 2.75) is 30.6 Å². The molecular weight excluding hydrogens is 246 g/mol. The molecule has 1 fully saturated rings. The number of carbonyl (C=O) groups is 1. The van der Waals surface area contributed by atoms with Gasteiger partial charge in [0.15, 0.2) is 0 Å². The number of carboxylic acids is 1. The first-order valence-electron chi connectivity index (χ1n) is 6.36. The zero-order valence-corrected chi connectivity index (χ0v) is 11.4. The Morgan fingerprint density at radius 3 is 2.89 bits per heavy atom. The highest BCUT2D eigenvalue weighted by atomic mass is 32.2. The van der Waals surface area contributed by atoms with Gasteiger partial charge < -0.3 is 10.4 Å². The normalized spacial score (nSPS) is 14.5. The van der Waals surface area contributed by atoms with E-state index >= 15 is 0 Å². The number of hydrogen-bond donors (Lipinski definition) is 2. The van der Waals surface area contributed by atoms with Crippen molar-refractivity contribution in [3.05, 3.63) is 23.8 Å². The second-order valence-corrected chi connectivity index (χ2v) is 5.55. The Hall–Kier alpha value is -1.16. The number of aromatic carboxylic acids is 1. The number of benzene rings is 1. The maximum atomic E-state index is 11.3. The van der Waals surface area contributed by atoms with Crippen LogP contribution in [0.15, 0.2) is 23.1 Å². The molecule has 98 valence electrons. The van der Waals surface area contributed by atoms with Gasteiger partial charge in [0.25, 0.3) is 0 Å². The fourth-order valence-corrected chi connectivity index (χ4v) is 2.71. The molecule has 0 aliphatic heterocycles. The van der Waals surface area contributed by atoms with E-state index in [1.165, 1.54) is 31.0 Å². The summed E-state index contributed by atoms with van der Waals surface area (Å²) in [5.74, 6) is 0.0768. The number of nitrogens with one attached hydrogen (secondary N) is 1. The molecule has 0 heterocycles. The second-order valence-electron chi connectivity index (χ2n) is 4.70. The minimum atomic E-state index is -0.857. The first kappa shape index (κ1) is 13.3. The zero-order valence-electron chi connectivity index (χ0n) is 10.6. The Morgan fingerprint density at radius 1 is 1.50 bits per heavy atom. The van der Waals surface area contributed by atoms with Crippen molar-refractivity contribution in [3.63, 3.8) is 0 Å². The first-order valence-corrected chi connectivity index (χ1v) is 7.59. The largest absolute Gasteiger partial charge is 0.478 e. The molecule has 0 atom stereocenters.